The van der Waals surface area contributed by atoms with Gasteiger partial charge in [0.2, 0.25) is 0 Å². The Hall–Kier alpha value is -1.04. The third kappa shape index (κ3) is 4.81. The second-order valence-corrected chi connectivity index (χ2v) is 7.20. The minimum atomic E-state index is -0.907. The number of halogens is 2. The number of H-pyrrole nitrogens is 1. The van der Waals surface area contributed by atoms with Crippen molar-refractivity contribution in [1.29, 1.82) is 0 Å². The number of fused-ring (bicyclic) bond motifs is 1. The molecule has 0 aliphatic carbocycles. The van der Waals surface area contributed by atoms with Crippen molar-refractivity contribution >= 4 is 68.8 Å². The van der Waals surface area contributed by atoms with Crippen LogP contribution in [0.25, 0.3) is 10.3 Å². The summed E-state index contributed by atoms with van der Waals surface area (Å²) < 4.78 is 27.6. The number of aliphatic hydroxyl groups is 1. The quantitative estimate of drug-likeness (QED) is 0.329. The van der Waals surface area contributed by atoms with Crippen molar-refractivity contribution in [3.63, 3.8) is 0 Å². The average Bonchev–Trinajstić information content (AvgIpc) is 2.96. The van der Waals surface area contributed by atoms with Gasteiger partial charge in [-0.1, -0.05) is 35.2 Å². The van der Waals surface area contributed by atoms with Crippen LogP contribution in [-0.4, -0.2) is 62.3 Å². The van der Waals surface area contributed by atoms with E-state index >= 15 is 0 Å². The number of hydrogen-bond acceptors (Lipinski definition) is 7. The normalized spacial score (nSPS) is 12.0. The summed E-state index contributed by atoms with van der Waals surface area (Å²) in [5.74, 6) is -1.25. The van der Waals surface area contributed by atoms with Gasteiger partial charge in [0.05, 0.1) is 6.61 Å². The molecule has 26 heavy (non-hydrogen) atoms. The van der Waals surface area contributed by atoms with E-state index in [1.807, 2.05) is 0 Å². The first kappa shape index (κ1) is 21.3. The summed E-state index contributed by atoms with van der Waals surface area (Å²) in [4.78, 5) is 22.5. The zero-order chi connectivity index (χ0) is 18.0. The van der Waals surface area contributed by atoms with E-state index in [0.717, 1.165) is 29.2 Å². The number of anilines is 1. The summed E-state index contributed by atoms with van der Waals surface area (Å²) >= 11 is 2.08. The van der Waals surface area contributed by atoms with E-state index in [-0.39, 0.29) is 58.4 Å². The van der Waals surface area contributed by atoms with E-state index < -0.39 is 11.6 Å². The fraction of sp³-hybridized carbons (Fsp3) is 0.267. The molecule has 0 bridgehead atoms. The molecular formula is C15H15F2N4NaO2S2. The number of nitrogens with zero attached hydrogens (tertiary/aromatic N) is 2. The molecule has 0 aliphatic rings. The van der Waals surface area contributed by atoms with Gasteiger partial charge in [-0.25, -0.2) is 18.7 Å². The number of aromatic amines is 1. The maximum absolute atomic E-state index is 13.7. The van der Waals surface area contributed by atoms with Gasteiger partial charge in [0.1, 0.15) is 4.70 Å². The number of aromatic nitrogens is 3. The fourth-order valence-electron chi connectivity index (χ4n) is 2.07. The molecule has 0 spiro atoms. The predicted molar refractivity (Wildman–Crippen MR) is 101 cm³/mol. The van der Waals surface area contributed by atoms with Crippen molar-refractivity contribution in [1.82, 2.24) is 15.0 Å². The second kappa shape index (κ2) is 9.25. The third-order valence-corrected chi connectivity index (χ3v) is 5.08. The monoisotopic (exact) mass is 408 g/mol. The number of hydrogen-bond donors (Lipinski definition) is 3. The third-order valence-electron chi connectivity index (χ3n) is 3.31. The van der Waals surface area contributed by atoms with Crippen molar-refractivity contribution in [2.24, 2.45) is 0 Å². The topological polar surface area (TPSA) is 90.9 Å². The predicted octanol–water partition coefficient (Wildman–Crippen LogP) is 2.09. The van der Waals surface area contributed by atoms with Gasteiger partial charge in [0, 0.05) is 17.4 Å². The molecule has 1 atom stereocenters. The van der Waals surface area contributed by atoms with Crippen molar-refractivity contribution in [2.75, 3.05) is 11.9 Å². The van der Waals surface area contributed by atoms with Crippen LogP contribution in [0.5, 0.6) is 0 Å². The molecule has 0 fully saturated rings. The number of thiazole rings is 1. The summed E-state index contributed by atoms with van der Waals surface area (Å²) in [6.45, 7) is 1.65. The molecule has 3 rings (SSSR count). The standard InChI is InChI=1S/C15H14F2N4O2S2.Na.H/c1-7(5-22)18-12-11-13(21-15(23)25-11)20-14(19-12)24-6-8-3-2-4-9(16)10(8)17;;/h2-4,7,22H,5-6H2,1H3,(H2,18,19,20,21,23);;/t7-;;/m1../s1. The Morgan fingerprint density at radius 3 is 2.88 bits per heavy atom. The zero-order valence-electron chi connectivity index (χ0n) is 13.0. The van der Waals surface area contributed by atoms with Crippen LogP contribution in [0.2, 0.25) is 0 Å². The van der Waals surface area contributed by atoms with Crippen molar-refractivity contribution in [2.45, 2.75) is 23.9 Å². The van der Waals surface area contributed by atoms with Gasteiger partial charge in [-0.3, -0.25) is 9.78 Å². The van der Waals surface area contributed by atoms with Gasteiger partial charge in [0.15, 0.2) is 28.3 Å². The molecule has 3 N–H and O–H groups in total. The van der Waals surface area contributed by atoms with Crippen LogP contribution in [0, 0.1) is 11.6 Å². The van der Waals surface area contributed by atoms with Crippen molar-refractivity contribution < 1.29 is 13.9 Å². The van der Waals surface area contributed by atoms with Crippen LogP contribution >= 0.6 is 23.1 Å². The van der Waals surface area contributed by atoms with Crippen LogP contribution in [0.4, 0.5) is 14.6 Å². The second-order valence-electron chi connectivity index (χ2n) is 5.28. The first-order chi connectivity index (χ1) is 12.0. The van der Waals surface area contributed by atoms with Crippen LogP contribution in [-0.2, 0) is 5.75 Å². The zero-order valence-corrected chi connectivity index (χ0v) is 14.7. The van der Waals surface area contributed by atoms with Crippen LogP contribution in [0.1, 0.15) is 12.5 Å². The summed E-state index contributed by atoms with van der Waals surface area (Å²) in [5.41, 5.74) is 0.561. The number of rotatable bonds is 6. The first-order valence-electron chi connectivity index (χ1n) is 7.32. The molecule has 134 valence electrons. The summed E-state index contributed by atoms with van der Waals surface area (Å²) in [7, 11) is 0. The Balaban J connectivity index is 0.00000243. The maximum atomic E-state index is 13.7. The molecule has 0 saturated carbocycles. The summed E-state index contributed by atoms with van der Waals surface area (Å²) in [6, 6.07) is 3.71. The number of aliphatic hydroxyl groups excluding tert-OH is 1. The first-order valence-corrected chi connectivity index (χ1v) is 9.12. The molecular weight excluding hydrogens is 393 g/mol. The van der Waals surface area contributed by atoms with E-state index in [0.29, 0.717) is 21.3 Å². The fourth-order valence-corrected chi connectivity index (χ4v) is 3.62. The van der Waals surface area contributed by atoms with E-state index in [4.69, 9.17) is 0 Å². The van der Waals surface area contributed by atoms with Crippen LogP contribution in [0.15, 0.2) is 28.2 Å². The Labute approximate surface area is 177 Å². The van der Waals surface area contributed by atoms with Crippen molar-refractivity contribution in [3.8, 4) is 0 Å². The molecule has 0 saturated heterocycles. The van der Waals surface area contributed by atoms with E-state index in [1.165, 1.54) is 12.1 Å². The van der Waals surface area contributed by atoms with Gasteiger partial charge in [-0.2, -0.15) is 0 Å². The SMILES string of the molecule is C[C@H](CO)Nc1nc(SCc2cccc(F)c2F)nc2[nH]c(=O)sc12.[NaH]. The Morgan fingerprint density at radius 2 is 2.15 bits per heavy atom. The summed E-state index contributed by atoms with van der Waals surface area (Å²) in [6.07, 6.45) is 0. The molecule has 0 aliphatic heterocycles. The molecule has 0 amide bonds. The average molecular weight is 408 g/mol. The molecule has 11 heteroatoms. The van der Waals surface area contributed by atoms with Crippen LogP contribution < -0.4 is 10.2 Å². The molecule has 6 nitrogen and oxygen atoms in total. The molecule has 2 aromatic heterocycles. The van der Waals surface area contributed by atoms with Gasteiger partial charge in [0.25, 0.3) is 0 Å². The molecule has 0 radical (unpaired) electrons. The number of nitrogens with one attached hydrogen (secondary N) is 2. The Morgan fingerprint density at radius 1 is 1.38 bits per heavy atom. The Bertz CT molecular complexity index is 966. The minimum absolute atomic E-state index is 0. The molecule has 1 aromatic carbocycles. The molecule has 0 unspecified atom stereocenters. The number of benzene rings is 1. The van der Waals surface area contributed by atoms with E-state index in [9.17, 15) is 18.7 Å². The van der Waals surface area contributed by atoms with E-state index in [1.54, 1.807) is 6.92 Å². The van der Waals surface area contributed by atoms with Gasteiger partial charge in [-0.15, -0.1) is 0 Å². The molecule has 3 aromatic rings. The van der Waals surface area contributed by atoms with Crippen molar-refractivity contribution in [3.05, 3.63) is 45.1 Å². The Kier molecular flexibility index (Phi) is 7.56. The van der Waals surface area contributed by atoms with Gasteiger partial charge in [-0.05, 0) is 13.0 Å². The van der Waals surface area contributed by atoms with Gasteiger partial charge >= 0.3 is 34.4 Å². The van der Waals surface area contributed by atoms with Crippen LogP contribution in [0.3, 0.4) is 0 Å². The van der Waals surface area contributed by atoms with E-state index in [2.05, 4.69) is 20.3 Å². The molecule has 2 heterocycles. The number of thioether (sulfide) groups is 1. The summed E-state index contributed by atoms with van der Waals surface area (Å²) in [5, 5.41) is 12.5. The van der Waals surface area contributed by atoms with Gasteiger partial charge < -0.3 is 10.4 Å².